The standard InChI is InChI=1S/C31H30F3N3O2/c1-3-27(22-15-23(32)17-24(33)16-22)37-29(13-8-19-4-5-19)36-30(38)26(31(37)39)14-20-6-9-21(10-7-20)25-11-12-28(34)35-18(25)2/h6-7,9-12,15-17,19,27,39H,3-5,8,13-14H2,1-2H3. The Bertz CT molecular complexity index is 1540. The Hall–Kier alpha value is -3.94. The molecule has 0 radical (unpaired) electrons. The number of aromatic nitrogens is 3. The lowest BCUT2D eigenvalue weighted by atomic mass is 9.99. The molecule has 5 rings (SSSR count). The molecule has 4 aromatic rings. The van der Waals surface area contributed by atoms with Crippen LogP contribution in [0.5, 0.6) is 5.88 Å². The minimum atomic E-state index is -0.705. The molecule has 2 heterocycles. The van der Waals surface area contributed by atoms with Crippen LogP contribution in [0.1, 0.15) is 66.9 Å². The Balaban J connectivity index is 1.53. The van der Waals surface area contributed by atoms with Crippen molar-refractivity contribution in [3.05, 3.63) is 111 Å². The Kier molecular flexibility index (Phi) is 7.55. The average molecular weight is 534 g/mol. The van der Waals surface area contributed by atoms with Gasteiger partial charge in [-0.1, -0.05) is 44.0 Å². The number of aryl methyl sites for hydroxylation is 2. The van der Waals surface area contributed by atoms with Crippen molar-refractivity contribution in [3.63, 3.8) is 0 Å². The number of hydrogen-bond donors (Lipinski definition) is 1. The maximum absolute atomic E-state index is 14.1. The van der Waals surface area contributed by atoms with Crippen molar-refractivity contribution >= 4 is 0 Å². The summed E-state index contributed by atoms with van der Waals surface area (Å²) in [5.41, 5.74) is 2.94. The fraction of sp³-hybridized carbons (Fsp3) is 0.323. The van der Waals surface area contributed by atoms with Crippen molar-refractivity contribution < 1.29 is 18.3 Å². The summed E-state index contributed by atoms with van der Waals surface area (Å²) in [7, 11) is 0. The Morgan fingerprint density at radius 2 is 1.69 bits per heavy atom. The molecule has 1 N–H and O–H groups in total. The SMILES string of the molecule is CCC(c1cc(F)cc(F)c1)n1c(CCC2CC2)nc(=O)c(Cc2ccc(-c3ccc(F)nc3C)cc2)c1O. The van der Waals surface area contributed by atoms with Crippen molar-refractivity contribution in [3.8, 4) is 17.0 Å². The molecule has 1 saturated carbocycles. The maximum atomic E-state index is 14.1. The van der Waals surface area contributed by atoms with Gasteiger partial charge in [0.15, 0.2) is 0 Å². The van der Waals surface area contributed by atoms with Crippen LogP contribution in [-0.2, 0) is 12.8 Å². The number of halogens is 3. The smallest absolute Gasteiger partial charge is 0.280 e. The zero-order chi connectivity index (χ0) is 27.7. The number of pyridine rings is 1. The molecular weight excluding hydrogens is 503 g/mol. The predicted molar refractivity (Wildman–Crippen MR) is 143 cm³/mol. The van der Waals surface area contributed by atoms with Crippen molar-refractivity contribution in [1.29, 1.82) is 0 Å². The van der Waals surface area contributed by atoms with Crippen LogP contribution in [0.3, 0.4) is 0 Å². The molecule has 0 bridgehead atoms. The highest BCUT2D eigenvalue weighted by Crippen LogP contribution is 2.36. The lowest BCUT2D eigenvalue weighted by Crippen LogP contribution is -2.26. The van der Waals surface area contributed by atoms with Crippen LogP contribution < -0.4 is 5.56 Å². The fourth-order valence-electron chi connectivity index (χ4n) is 5.18. The van der Waals surface area contributed by atoms with Gasteiger partial charge in [-0.05, 0) is 66.6 Å². The normalized spacial score (nSPS) is 14.0. The quantitative estimate of drug-likeness (QED) is 0.244. The minimum absolute atomic E-state index is 0.118. The molecule has 2 aromatic carbocycles. The molecule has 2 aromatic heterocycles. The summed E-state index contributed by atoms with van der Waals surface area (Å²) in [6.07, 6.45) is 4.13. The van der Waals surface area contributed by atoms with Crippen LogP contribution in [0.4, 0.5) is 13.2 Å². The van der Waals surface area contributed by atoms with Crippen molar-refractivity contribution in [2.45, 2.75) is 58.4 Å². The lowest BCUT2D eigenvalue weighted by Gasteiger charge is -2.25. The van der Waals surface area contributed by atoms with Gasteiger partial charge in [-0.25, -0.2) is 13.8 Å². The second-order valence-corrected chi connectivity index (χ2v) is 10.3. The van der Waals surface area contributed by atoms with Crippen LogP contribution in [0.2, 0.25) is 0 Å². The van der Waals surface area contributed by atoms with Gasteiger partial charge < -0.3 is 5.11 Å². The number of nitrogens with zero attached hydrogens (tertiary/aromatic N) is 3. The number of benzene rings is 2. The van der Waals surface area contributed by atoms with Crippen molar-refractivity contribution in [2.24, 2.45) is 5.92 Å². The molecule has 39 heavy (non-hydrogen) atoms. The topological polar surface area (TPSA) is 68.0 Å². The van der Waals surface area contributed by atoms with Gasteiger partial charge in [0, 0.05) is 30.2 Å². The summed E-state index contributed by atoms with van der Waals surface area (Å²) in [5.74, 6) is -1.20. The summed E-state index contributed by atoms with van der Waals surface area (Å²) in [6, 6.07) is 13.1. The molecule has 1 aliphatic rings. The summed E-state index contributed by atoms with van der Waals surface area (Å²) in [6.45, 7) is 3.60. The van der Waals surface area contributed by atoms with E-state index in [-0.39, 0.29) is 17.9 Å². The zero-order valence-corrected chi connectivity index (χ0v) is 21.9. The van der Waals surface area contributed by atoms with Gasteiger partial charge in [0.1, 0.15) is 17.5 Å². The third kappa shape index (κ3) is 5.90. The van der Waals surface area contributed by atoms with Gasteiger partial charge in [0.05, 0.1) is 11.6 Å². The summed E-state index contributed by atoms with van der Waals surface area (Å²) in [4.78, 5) is 21.4. The van der Waals surface area contributed by atoms with Gasteiger partial charge in [-0.2, -0.15) is 9.37 Å². The monoisotopic (exact) mass is 533 g/mol. The van der Waals surface area contributed by atoms with E-state index >= 15 is 0 Å². The largest absolute Gasteiger partial charge is 0.494 e. The van der Waals surface area contributed by atoms with Crippen LogP contribution in [0.25, 0.3) is 11.1 Å². The highest BCUT2D eigenvalue weighted by atomic mass is 19.1. The van der Waals surface area contributed by atoms with E-state index in [1.165, 1.54) is 18.2 Å². The molecular formula is C31H30F3N3O2. The van der Waals surface area contributed by atoms with Gasteiger partial charge in [-0.15, -0.1) is 0 Å². The molecule has 0 aliphatic heterocycles. The van der Waals surface area contributed by atoms with Gasteiger partial charge >= 0.3 is 0 Å². The van der Waals surface area contributed by atoms with Crippen LogP contribution in [0, 0.1) is 30.4 Å². The van der Waals surface area contributed by atoms with E-state index in [4.69, 9.17) is 0 Å². The molecule has 0 saturated heterocycles. The first-order valence-electron chi connectivity index (χ1n) is 13.2. The fourth-order valence-corrected chi connectivity index (χ4v) is 5.18. The highest BCUT2D eigenvalue weighted by molar-refractivity contribution is 5.65. The second kappa shape index (κ2) is 11.0. The second-order valence-electron chi connectivity index (χ2n) is 10.3. The van der Waals surface area contributed by atoms with E-state index in [0.717, 1.165) is 42.0 Å². The molecule has 1 aliphatic carbocycles. The van der Waals surface area contributed by atoms with E-state index in [0.29, 0.717) is 35.8 Å². The van der Waals surface area contributed by atoms with E-state index in [1.54, 1.807) is 17.6 Å². The van der Waals surface area contributed by atoms with Crippen LogP contribution in [0.15, 0.2) is 59.4 Å². The van der Waals surface area contributed by atoms with Crippen molar-refractivity contribution in [1.82, 2.24) is 14.5 Å². The predicted octanol–water partition coefficient (Wildman–Crippen LogP) is 6.67. The molecule has 5 nitrogen and oxygen atoms in total. The summed E-state index contributed by atoms with van der Waals surface area (Å²) in [5, 5.41) is 11.5. The Morgan fingerprint density at radius 3 is 2.31 bits per heavy atom. The molecule has 1 fully saturated rings. The first-order chi connectivity index (χ1) is 18.7. The maximum Gasteiger partial charge on any atom is 0.280 e. The molecule has 202 valence electrons. The molecule has 8 heteroatoms. The Morgan fingerprint density at radius 1 is 1.00 bits per heavy atom. The van der Waals surface area contributed by atoms with Crippen LogP contribution >= 0.6 is 0 Å². The molecule has 0 spiro atoms. The third-order valence-corrected chi connectivity index (χ3v) is 7.40. The molecule has 0 amide bonds. The number of aromatic hydroxyl groups is 1. The van der Waals surface area contributed by atoms with Crippen LogP contribution in [-0.4, -0.2) is 19.6 Å². The first kappa shape index (κ1) is 26.7. The van der Waals surface area contributed by atoms with Crippen molar-refractivity contribution in [2.75, 3.05) is 0 Å². The first-order valence-corrected chi connectivity index (χ1v) is 13.2. The summed E-state index contributed by atoms with van der Waals surface area (Å²) < 4.78 is 43.3. The van der Waals surface area contributed by atoms with Gasteiger partial charge in [-0.3, -0.25) is 9.36 Å². The summed E-state index contributed by atoms with van der Waals surface area (Å²) >= 11 is 0. The highest BCUT2D eigenvalue weighted by Gasteiger charge is 2.27. The zero-order valence-electron chi connectivity index (χ0n) is 21.9. The van der Waals surface area contributed by atoms with Gasteiger partial charge in [0.25, 0.3) is 5.56 Å². The van der Waals surface area contributed by atoms with E-state index in [9.17, 15) is 23.1 Å². The molecule has 1 unspecified atom stereocenters. The van der Waals surface area contributed by atoms with Gasteiger partial charge in [0.2, 0.25) is 11.8 Å². The van der Waals surface area contributed by atoms with E-state index in [1.807, 2.05) is 31.2 Å². The van der Waals surface area contributed by atoms with E-state index in [2.05, 4.69) is 9.97 Å². The third-order valence-electron chi connectivity index (χ3n) is 7.40. The Labute approximate surface area is 225 Å². The lowest BCUT2D eigenvalue weighted by molar-refractivity contribution is 0.367. The average Bonchev–Trinajstić information content (AvgIpc) is 3.72. The minimum Gasteiger partial charge on any atom is -0.494 e. The van der Waals surface area contributed by atoms with E-state index < -0.39 is 29.2 Å². The molecule has 1 atom stereocenters. The number of hydrogen-bond acceptors (Lipinski definition) is 4. The number of rotatable bonds is 9.